The molecule has 0 saturated carbocycles. The number of hydrogen-bond donors (Lipinski definition) is 2. The van der Waals surface area contributed by atoms with Gasteiger partial charge < -0.3 is 10.6 Å². The summed E-state index contributed by atoms with van der Waals surface area (Å²) in [6, 6.07) is 0. The van der Waals surface area contributed by atoms with Gasteiger partial charge in [0.1, 0.15) is 0 Å². The molecule has 0 saturated heterocycles. The van der Waals surface area contributed by atoms with E-state index in [1.54, 1.807) is 0 Å². The fourth-order valence-corrected chi connectivity index (χ4v) is 2.03. The first-order valence-electron chi connectivity index (χ1n) is 6.18. The lowest BCUT2D eigenvalue weighted by atomic mass is 9.82. The SMILES string of the molecule is CCCNC(=O)CNC(C)(C)CC(C)(C)C. The van der Waals surface area contributed by atoms with Gasteiger partial charge in [-0.2, -0.15) is 0 Å². The van der Waals surface area contributed by atoms with E-state index in [-0.39, 0.29) is 16.9 Å². The molecule has 0 spiro atoms. The van der Waals surface area contributed by atoms with E-state index in [9.17, 15) is 4.79 Å². The van der Waals surface area contributed by atoms with E-state index in [2.05, 4.69) is 52.2 Å². The van der Waals surface area contributed by atoms with E-state index in [1.165, 1.54) is 0 Å². The molecular formula is C13H28N2O. The smallest absolute Gasteiger partial charge is 0.233 e. The first-order chi connectivity index (χ1) is 7.16. The van der Waals surface area contributed by atoms with Crippen LogP contribution in [0.4, 0.5) is 0 Å². The third kappa shape index (κ3) is 8.72. The topological polar surface area (TPSA) is 41.1 Å². The molecule has 96 valence electrons. The molecule has 0 unspecified atom stereocenters. The van der Waals surface area contributed by atoms with Crippen LogP contribution in [-0.2, 0) is 4.79 Å². The maximum Gasteiger partial charge on any atom is 0.233 e. The van der Waals surface area contributed by atoms with E-state index in [4.69, 9.17) is 0 Å². The Balaban J connectivity index is 3.94. The molecule has 0 aromatic rings. The molecular weight excluding hydrogens is 200 g/mol. The molecule has 1 amide bonds. The van der Waals surface area contributed by atoms with Crippen LogP contribution >= 0.6 is 0 Å². The summed E-state index contributed by atoms with van der Waals surface area (Å²) in [4.78, 5) is 11.4. The lowest BCUT2D eigenvalue weighted by Crippen LogP contribution is -2.47. The number of carbonyl (C=O) groups is 1. The Hall–Kier alpha value is -0.570. The molecule has 0 fully saturated rings. The Morgan fingerprint density at radius 3 is 2.12 bits per heavy atom. The minimum Gasteiger partial charge on any atom is -0.355 e. The molecule has 16 heavy (non-hydrogen) atoms. The molecule has 0 bridgehead atoms. The zero-order valence-corrected chi connectivity index (χ0v) is 11.7. The lowest BCUT2D eigenvalue weighted by Gasteiger charge is -2.33. The van der Waals surface area contributed by atoms with Gasteiger partial charge in [-0.05, 0) is 32.1 Å². The normalized spacial score (nSPS) is 12.6. The lowest BCUT2D eigenvalue weighted by molar-refractivity contribution is -0.120. The molecule has 0 aliphatic carbocycles. The third-order valence-electron chi connectivity index (χ3n) is 2.27. The number of rotatable bonds is 6. The predicted molar refractivity (Wildman–Crippen MR) is 69.5 cm³/mol. The Bertz CT molecular complexity index is 216. The zero-order chi connectivity index (χ0) is 12.8. The van der Waals surface area contributed by atoms with Gasteiger partial charge in [0.25, 0.3) is 0 Å². The number of amides is 1. The molecule has 0 rings (SSSR count). The van der Waals surface area contributed by atoms with Crippen molar-refractivity contribution in [1.29, 1.82) is 0 Å². The Kier molecular flexibility index (Phi) is 6.01. The van der Waals surface area contributed by atoms with Gasteiger partial charge >= 0.3 is 0 Å². The summed E-state index contributed by atoms with van der Waals surface area (Å²) in [5, 5.41) is 6.18. The van der Waals surface area contributed by atoms with Crippen molar-refractivity contribution in [2.45, 2.75) is 59.9 Å². The van der Waals surface area contributed by atoms with E-state index in [1.807, 2.05) is 0 Å². The summed E-state index contributed by atoms with van der Waals surface area (Å²) in [6.45, 7) is 14.2. The maximum atomic E-state index is 11.4. The largest absolute Gasteiger partial charge is 0.355 e. The molecule has 3 heteroatoms. The Morgan fingerprint density at radius 1 is 1.12 bits per heavy atom. The quantitative estimate of drug-likeness (QED) is 0.732. The highest BCUT2D eigenvalue weighted by atomic mass is 16.1. The first kappa shape index (κ1) is 15.4. The number of carbonyl (C=O) groups excluding carboxylic acids is 1. The molecule has 0 aliphatic rings. The van der Waals surface area contributed by atoms with Crippen molar-refractivity contribution >= 4 is 5.91 Å². The monoisotopic (exact) mass is 228 g/mol. The molecule has 0 aromatic carbocycles. The average molecular weight is 228 g/mol. The predicted octanol–water partition coefficient (Wildman–Crippen LogP) is 2.32. The summed E-state index contributed by atoms with van der Waals surface area (Å²) in [5.74, 6) is 0.0869. The molecule has 2 N–H and O–H groups in total. The second-order valence-corrected chi connectivity index (χ2v) is 6.32. The van der Waals surface area contributed by atoms with Crippen molar-refractivity contribution < 1.29 is 4.79 Å². The number of nitrogens with one attached hydrogen (secondary N) is 2. The highest BCUT2D eigenvalue weighted by Gasteiger charge is 2.25. The van der Waals surface area contributed by atoms with Crippen LogP contribution in [0.1, 0.15) is 54.4 Å². The Morgan fingerprint density at radius 2 is 1.69 bits per heavy atom. The Labute approximate surface area is 100 Å². The van der Waals surface area contributed by atoms with Crippen molar-refractivity contribution in [3.8, 4) is 0 Å². The van der Waals surface area contributed by atoms with Crippen molar-refractivity contribution in [3.05, 3.63) is 0 Å². The minimum atomic E-state index is 0.00179. The molecule has 0 aliphatic heterocycles. The fourth-order valence-electron chi connectivity index (χ4n) is 2.03. The van der Waals surface area contributed by atoms with Crippen molar-refractivity contribution in [2.24, 2.45) is 5.41 Å². The van der Waals surface area contributed by atoms with Gasteiger partial charge in [-0.15, -0.1) is 0 Å². The molecule has 0 atom stereocenters. The zero-order valence-electron chi connectivity index (χ0n) is 11.7. The summed E-state index contributed by atoms with van der Waals surface area (Å²) in [5.41, 5.74) is 0.276. The summed E-state index contributed by atoms with van der Waals surface area (Å²) in [7, 11) is 0. The maximum absolute atomic E-state index is 11.4. The van der Waals surface area contributed by atoms with E-state index in [0.717, 1.165) is 19.4 Å². The van der Waals surface area contributed by atoms with E-state index in [0.29, 0.717) is 6.54 Å². The van der Waals surface area contributed by atoms with E-state index >= 15 is 0 Å². The van der Waals surface area contributed by atoms with Crippen LogP contribution in [0.3, 0.4) is 0 Å². The minimum absolute atomic E-state index is 0.00179. The molecule has 0 radical (unpaired) electrons. The third-order valence-corrected chi connectivity index (χ3v) is 2.27. The standard InChI is InChI=1S/C13H28N2O/c1-7-8-14-11(16)9-15-13(5,6)10-12(2,3)4/h15H,7-10H2,1-6H3,(H,14,16). The van der Waals surface area contributed by atoms with Crippen LogP contribution in [0, 0.1) is 5.41 Å². The molecule has 3 nitrogen and oxygen atoms in total. The van der Waals surface area contributed by atoms with Gasteiger partial charge in [-0.3, -0.25) is 4.79 Å². The fraction of sp³-hybridized carbons (Fsp3) is 0.923. The van der Waals surface area contributed by atoms with Gasteiger partial charge in [0.05, 0.1) is 6.54 Å². The van der Waals surface area contributed by atoms with Crippen LogP contribution in [0.2, 0.25) is 0 Å². The summed E-state index contributed by atoms with van der Waals surface area (Å²) < 4.78 is 0. The van der Waals surface area contributed by atoms with Crippen molar-refractivity contribution in [2.75, 3.05) is 13.1 Å². The summed E-state index contributed by atoms with van der Waals surface area (Å²) in [6.07, 6.45) is 2.03. The average Bonchev–Trinajstić information content (AvgIpc) is 2.07. The molecule has 0 heterocycles. The van der Waals surface area contributed by atoms with Gasteiger partial charge in [0.15, 0.2) is 0 Å². The van der Waals surface area contributed by atoms with Crippen molar-refractivity contribution in [1.82, 2.24) is 10.6 Å². The van der Waals surface area contributed by atoms with Crippen LogP contribution in [0.15, 0.2) is 0 Å². The molecule has 0 aromatic heterocycles. The van der Waals surface area contributed by atoms with Crippen molar-refractivity contribution in [3.63, 3.8) is 0 Å². The second-order valence-electron chi connectivity index (χ2n) is 6.32. The summed E-state index contributed by atoms with van der Waals surface area (Å²) >= 11 is 0. The number of hydrogen-bond acceptors (Lipinski definition) is 2. The first-order valence-corrected chi connectivity index (χ1v) is 6.18. The van der Waals surface area contributed by atoms with Gasteiger partial charge in [-0.1, -0.05) is 27.7 Å². The van der Waals surface area contributed by atoms with Gasteiger partial charge in [-0.25, -0.2) is 0 Å². The van der Waals surface area contributed by atoms with Gasteiger partial charge in [0, 0.05) is 12.1 Å². The van der Waals surface area contributed by atoms with E-state index < -0.39 is 0 Å². The van der Waals surface area contributed by atoms with Crippen LogP contribution < -0.4 is 10.6 Å². The highest BCUT2D eigenvalue weighted by Crippen LogP contribution is 2.26. The van der Waals surface area contributed by atoms with Crippen LogP contribution in [0.5, 0.6) is 0 Å². The second kappa shape index (κ2) is 6.24. The van der Waals surface area contributed by atoms with Gasteiger partial charge in [0.2, 0.25) is 5.91 Å². The van der Waals surface area contributed by atoms with Crippen LogP contribution in [0.25, 0.3) is 0 Å². The van der Waals surface area contributed by atoms with Crippen LogP contribution in [-0.4, -0.2) is 24.5 Å². The highest BCUT2D eigenvalue weighted by molar-refractivity contribution is 5.78.